The van der Waals surface area contributed by atoms with Crippen molar-refractivity contribution in [3.8, 4) is 0 Å². The van der Waals surface area contributed by atoms with Gasteiger partial charge in [0, 0.05) is 13.1 Å². The number of hydrogen-bond donors (Lipinski definition) is 0. The third-order valence-corrected chi connectivity index (χ3v) is 1.14. The maximum atomic E-state index is 10.8. The van der Waals surface area contributed by atoms with Gasteiger partial charge < -0.3 is 10.3 Å². The maximum Gasteiger partial charge on any atom is 0.214 e. The van der Waals surface area contributed by atoms with Gasteiger partial charge in [-0.05, 0) is 12.1 Å². The molecule has 58 valence electrons. The first-order chi connectivity index (χ1) is 5.22. The molecular formula is C7H7N2O2-. The molecule has 0 unspecified atom stereocenters. The lowest BCUT2D eigenvalue weighted by atomic mass is 10.4. The van der Waals surface area contributed by atoms with Crippen molar-refractivity contribution in [1.29, 1.82) is 0 Å². The summed E-state index contributed by atoms with van der Waals surface area (Å²) in [6.07, 6.45) is 1.46. The number of nitrogens with zero attached hydrogens (tertiary/aromatic N) is 2. The number of carbonyl (C=O) groups is 1. The van der Waals surface area contributed by atoms with E-state index in [1.807, 2.05) is 0 Å². The zero-order valence-electron chi connectivity index (χ0n) is 6.02. The quantitative estimate of drug-likeness (QED) is 0.561. The minimum Gasteiger partial charge on any atom is -0.751 e. The molecule has 0 fully saturated rings. The molecule has 0 aliphatic carbocycles. The Morgan fingerprint density at radius 3 is 2.82 bits per heavy atom. The first kappa shape index (κ1) is 7.68. The number of carbonyl (C=O) groups excluding carboxylic acids is 1. The van der Waals surface area contributed by atoms with Gasteiger partial charge in [0.05, 0.1) is 0 Å². The third kappa shape index (κ3) is 1.75. The van der Waals surface area contributed by atoms with E-state index in [0.717, 1.165) is 0 Å². The Hall–Kier alpha value is -1.42. The van der Waals surface area contributed by atoms with Crippen LogP contribution in [0.15, 0.2) is 24.4 Å². The molecule has 1 heterocycles. The number of aromatic nitrogens is 1. The van der Waals surface area contributed by atoms with E-state index < -0.39 is 5.91 Å². The minimum absolute atomic E-state index is 0.125. The minimum atomic E-state index is -0.566. The lowest BCUT2D eigenvalue weighted by molar-refractivity contribution is -0.116. The Balaban J connectivity index is 2.85. The standard InChI is InChI=1S/C7H7N2O2/c1-6(10)9(11)7-4-2-3-5-8-7/h2-5H,1H3/q-1. The number of rotatable bonds is 1. The summed E-state index contributed by atoms with van der Waals surface area (Å²) in [5.74, 6) is -0.441. The van der Waals surface area contributed by atoms with Gasteiger partial charge in [-0.2, -0.15) is 0 Å². The molecule has 0 aliphatic heterocycles. The van der Waals surface area contributed by atoms with E-state index in [-0.39, 0.29) is 10.9 Å². The first-order valence-electron chi connectivity index (χ1n) is 3.10. The van der Waals surface area contributed by atoms with Crippen molar-refractivity contribution in [2.24, 2.45) is 0 Å². The predicted molar refractivity (Wildman–Crippen MR) is 40.8 cm³/mol. The van der Waals surface area contributed by atoms with Gasteiger partial charge in [-0.3, -0.25) is 4.79 Å². The van der Waals surface area contributed by atoms with Crippen LogP contribution >= 0.6 is 0 Å². The summed E-state index contributed by atoms with van der Waals surface area (Å²) in [6.45, 7) is 1.20. The molecular weight excluding hydrogens is 144 g/mol. The van der Waals surface area contributed by atoms with Crippen LogP contribution in [0.1, 0.15) is 6.92 Å². The Morgan fingerprint density at radius 1 is 1.64 bits per heavy atom. The highest BCUT2D eigenvalue weighted by atomic mass is 16.5. The fourth-order valence-corrected chi connectivity index (χ4v) is 0.635. The van der Waals surface area contributed by atoms with Crippen molar-refractivity contribution in [3.05, 3.63) is 29.6 Å². The van der Waals surface area contributed by atoms with Gasteiger partial charge in [0.25, 0.3) is 0 Å². The molecule has 11 heavy (non-hydrogen) atoms. The number of anilines is 1. The lowest BCUT2D eigenvalue weighted by Gasteiger charge is -2.24. The van der Waals surface area contributed by atoms with Crippen LogP contribution in [0.5, 0.6) is 0 Å². The molecule has 0 aliphatic rings. The second-order valence-electron chi connectivity index (χ2n) is 2.00. The highest BCUT2D eigenvalue weighted by Crippen LogP contribution is 2.06. The van der Waals surface area contributed by atoms with Gasteiger partial charge in [-0.1, -0.05) is 6.07 Å². The van der Waals surface area contributed by atoms with Crippen molar-refractivity contribution in [2.45, 2.75) is 6.92 Å². The second-order valence-corrected chi connectivity index (χ2v) is 2.00. The molecule has 1 aromatic rings. The normalized spacial score (nSPS) is 9.27. The highest BCUT2D eigenvalue weighted by molar-refractivity contribution is 5.90. The van der Waals surface area contributed by atoms with Gasteiger partial charge >= 0.3 is 0 Å². The summed E-state index contributed by atoms with van der Waals surface area (Å²) in [7, 11) is 0. The average Bonchev–Trinajstić information content (AvgIpc) is 2.05. The van der Waals surface area contributed by atoms with Crippen molar-refractivity contribution < 1.29 is 4.79 Å². The third-order valence-electron chi connectivity index (χ3n) is 1.14. The van der Waals surface area contributed by atoms with E-state index in [9.17, 15) is 10.0 Å². The summed E-state index contributed by atoms with van der Waals surface area (Å²) in [5, 5.41) is 11.1. The predicted octanol–water partition coefficient (Wildman–Crippen LogP) is 0.932. The van der Waals surface area contributed by atoms with Gasteiger partial charge in [0.1, 0.15) is 5.82 Å². The molecule has 4 nitrogen and oxygen atoms in total. The number of hydroxylamine groups is 1. The smallest absolute Gasteiger partial charge is 0.214 e. The SMILES string of the molecule is CC(=O)N([O-])c1ccccn1. The van der Waals surface area contributed by atoms with E-state index in [2.05, 4.69) is 4.98 Å². The molecule has 4 heteroatoms. The molecule has 0 N–H and O–H groups in total. The van der Waals surface area contributed by atoms with Crippen LogP contribution in [0.4, 0.5) is 5.82 Å². The molecule has 0 atom stereocenters. The Kier molecular flexibility index (Phi) is 2.18. The zero-order valence-corrected chi connectivity index (χ0v) is 6.02. The van der Waals surface area contributed by atoms with Crippen LogP contribution in [-0.4, -0.2) is 10.9 Å². The molecule has 0 saturated carbocycles. The van der Waals surface area contributed by atoms with Crippen LogP contribution in [0.2, 0.25) is 0 Å². The number of hydrogen-bond acceptors (Lipinski definition) is 3. The fraction of sp³-hybridized carbons (Fsp3) is 0.143. The van der Waals surface area contributed by atoms with E-state index in [0.29, 0.717) is 0 Å². The van der Waals surface area contributed by atoms with Crippen molar-refractivity contribution >= 4 is 11.7 Å². The maximum absolute atomic E-state index is 10.8. The van der Waals surface area contributed by atoms with Crippen LogP contribution in [0.3, 0.4) is 0 Å². The molecule has 0 saturated heterocycles. The molecule has 1 aromatic heterocycles. The number of amides is 1. The van der Waals surface area contributed by atoms with E-state index in [4.69, 9.17) is 0 Å². The molecule has 1 rings (SSSR count). The monoisotopic (exact) mass is 151 g/mol. The summed E-state index contributed by atoms with van der Waals surface area (Å²) in [5.41, 5.74) is 0. The average molecular weight is 151 g/mol. The van der Waals surface area contributed by atoms with Gasteiger partial charge in [-0.25, -0.2) is 4.98 Å². The second kappa shape index (κ2) is 3.12. The number of pyridine rings is 1. The Bertz CT molecular complexity index is 248. The first-order valence-corrected chi connectivity index (χ1v) is 3.10. The van der Waals surface area contributed by atoms with Crippen molar-refractivity contribution in [3.63, 3.8) is 0 Å². The van der Waals surface area contributed by atoms with Crippen LogP contribution in [0, 0.1) is 5.21 Å². The topological polar surface area (TPSA) is 56.3 Å². The Labute approximate surface area is 64.1 Å². The fourth-order valence-electron chi connectivity index (χ4n) is 0.635. The van der Waals surface area contributed by atoms with Crippen molar-refractivity contribution in [2.75, 3.05) is 5.06 Å². The van der Waals surface area contributed by atoms with Crippen molar-refractivity contribution in [1.82, 2.24) is 4.98 Å². The molecule has 1 amide bonds. The van der Waals surface area contributed by atoms with Crippen LogP contribution in [-0.2, 0) is 4.79 Å². The van der Waals surface area contributed by atoms with E-state index in [1.54, 1.807) is 12.1 Å². The largest absolute Gasteiger partial charge is 0.751 e. The van der Waals surface area contributed by atoms with Gasteiger partial charge in [0.2, 0.25) is 5.91 Å². The molecule has 0 aromatic carbocycles. The molecule has 0 bridgehead atoms. The zero-order chi connectivity index (χ0) is 8.27. The highest BCUT2D eigenvalue weighted by Gasteiger charge is 1.98. The van der Waals surface area contributed by atoms with Gasteiger partial charge in [-0.15, -0.1) is 0 Å². The van der Waals surface area contributed by atoms with Crippen LogP contribution < -0.4 is 5.06 Å². The summed E-state index contributed by atoms with van der Waals surface area (Å²) in [6, 6.07) is 4.81. The lowest BCUT2D eigenvalue weighted by Crippen LogP contribution is -2.21. The molecule has 0 radical (unpaired) electrons. The summed E-state index contributed by atoms with van der Waals surface area (Å²) in [4.78, 5) is 14.2. The van der Waals surface area contributed by atoms with E-state index >= 15 is 0 Å². The van der Waals surface area contributed by atoms with Gasteiger partial charge in [0.15, 0.2) is 0 Å². The van der Waals surface area contributed by atoms with E-state index in [1.165, 1.54) is 19.2 Å². The Morgan fingerprint density at radius 2 is 2.36 bits per heavy atom. The summed E-state index contributed by atoms with van der Waals surface area (Å²) < 4.78 is 0. The summed E-state index contributed by atoms with van der Waals surface area (Å²) >= 11 is 0. The molecule has 0 spiro atoms. The van der Waals surface area contributed by atoms with Crippen LogP contribution in [0.25, 0.3) is 0 Å².